The quantitative estimate of drug-likeness (QED) is 0.861. The average Bonchev–Trinajstić information content (AvgIpc) is 2.42. The monoisotopic (exact) mass is 263 g/mol. The minimum atomic E-state index is -3.37. The number of nitrogens with zero attached hydrogens (tertiary/aromatic N) is 1. The normalized spacial score (nSPS) is 11.6. The average molecular weight is 263 g/mol. The molecule has 0 unspecified atom stereocenters. The molecular weight excluding hydrogens is 250 g/mol. The van der Waals surface area contributed by atoms with Crippen LogP contribution in [-0.4, -0.2) is 30.2 Å². The first-order chi connectivity index (χ1) is 7.30. The highest BCUT2D eigenvalue weighted by Crippen LogP contribution is 2.19. The number of aromatic nitrogens is 1. The van der Waals surface area contributed by atoms with Crippen molar-refractivity contribution in [1.82, 2.24) is 4.98 Å². The van der Waals surface area contributed by atoms with Crippen molar-refractivity contribution < 1.29 is 18.3 Å². The van der Waals surface area contributed by atoms with Crippen molar-refractivity contribution in [2.45, 2.75) is 26.0 Å². The summed E-state index contributed by atoms with van der Waals surface area (Å²) in [5.74, 6) is -1.60. The fourth-order valence-electron chi connectivity index (χ4n) is 1.10. The summed E-state index contributed by atoms with van der Waals surface area (Å²) in [6, 6.07) is 0. The Bertz CT molecular complexity index is 470. The van der Waals surface area contributed by atoms with Gasteiger partial charge in [-0.05, 0) is 13.8 Å². The van der Waals surface area contributed by atoms with Gasteiger partial charge in [-0.1, -0.05) is 0 Å². The largest absolute Gasteiger partial charge is 0.481 e. The number of sulfone groups is 1. The zero-order chi connectivity index (χ0) is 12.3. The first-order valence-electron chi connectivity index (χ1n) is 4.65. The molecule has 0 atom stereocenters. The smallest absolute Gasteiger partial charge is 0.304 e. The van der Waals surface area contributed by atoms with E-state index in [9.17, 15) is 13.2 Å². The lowest BCUT2D eigenvalue weighted by Crippen LogP contribution is -2.12. The first-order valence-corrected chi connectivity index (χ1v) is 7.29. The van der Waals surface area contributed by atoms with Gasteiger partial charge in [-0.25, -0.2) is 13.4 Å². The lowest BCUT2D eigenvalue weighted by molar-refractivity contribution is -0.136. The second-order valence-corrected chi connectivity index (χ2v) is 6.96. The van der Waals surface area contributed by atoms with E-state index in [0.717, 1.165) is 10.6 Å². The molecule has 0 radical (unpaired) electrons. The molecule has 1 aromatic heterocycles. The van der Waals surface area contributed by atoms with Crippen LogP contribution in [0.15, 0.2) is 0 Å². The van der Waals surface area contributed by atoms with Gasteiger partial charge < -0.3 is 5.11 Å². The number of aryl methyl sites for hydroxylation is 2. The third kappa shape index (κ3) is 3.90. The van der Waals surface area contributed by atoms with Crippen molar-refractivity contribution >= 4 is 27.1 Å². The van der Waals surface area contributed by atoms with E-state index < -0.39 is 15.8 Å². The summed E-state index contributed by atoms with van der Waals surface area (Å²) in [4.78, 5) is 15.4. The van der Waals surface area contributed by atoms with Gasteiger partial charge in [-0.15, -0.1) is 11.3 Å². The summed E-state index contributed by atoms with van der Waals surface area (Å²) < 4.78 is 23.1. The van der Waals surface area contributed by atoms with E-state index >= 15 is 0 Å². The molecule has 1 N–H and O–H groups in total. The predicted molar refractivity (Wildman–Crippen MR) is 61.3 cm³/mol. The SMILES string of the molecule is Cc1nc(CS(=O)(=O)CCC(=O)O)sc1C. The third-order valence-electron chi connectivity index (χ3n) is 2.04. The Morgan fingerprint density at radius 2 is 2.06 bits per heavy atom. The summed E-state index contributed by atoms with van der Waals surface area (Å²) in [6.45, 7) is 3.69. The Kier molecular flexibility index (Phi) is 4.03. The van der Waals surface area contributed by atoms with E-state index in [2.05, 4.69) is 4.98 Å². The molecule has 0 spiro atoms. The molecule has 0 aliphatic heterocycles. The van der Waals surface area contributed by atoms with E-state index in [-0.39, 0.29) is 17.9 Å². The number of hydrogen-bond donors (Lipinski definition) is 1. The van der Waals surface area contributed by atoms with E-state index in [0.29, 0.717) is 5.01 Å². The van der Waals surface area contributed by atoms with Crippen LogP contribution in [0.2, 0.25) is 0 Å². The van der Waals surface area contributed by atoms with Crippen LogP contribution in [0.5, 0.6) is 0 Å². The van der Waals surface area contributed by atoms with Gasteiger partial charge in [0.25, 0.3) is 0 Å². The van der Waals surface area contributed by atoms with Gasteiger partial charge in [0.1, 0.15) is 10.8 Å². The number of hydrogen-bond acceptors (Lipinski definition) is 5. The molecule has 1 heterocycles. The van der Waals surface area contributed by atoms with Gasteiger partial charge in [0, 0.05) is 4.88 Å². The van der Waals surface area contributed by atoms with Crippen molar-refractivity contribution in [3.63, 3.8) is 0 Å². The summed E-state index contributed by atoms with van der Waals surface area (Å²) >= 11 is 1.34. The first kappa shape index (κ1) is 13.1. The molecule has 16 heavy (non-hydrogen) atoms. The van der Waals surface area contributed by atoms with Gasteiger partial charge in [-0.3, -0.25) is 4.79 Å². The maximum Gasteiger partial charge on any atom is 0.304 e. The molecular formula is C9H13NO4S2. The fraction of sp³-hybridized carbons (Fsp3) is 0.556. The molecule has 0 aliphatic carbocycles. The van der Waals surface area contributed by atoms with Crippen LogP contribution in [0.1, 0.15) is 22.0 Å². The fourth-order valence-corrected chi connectivity index (χ4v) is 3.68. The minimum Gasteiger partial charge on any atom is -0.481 e. The molecule has 90 valence electrons. The van der Waals surface area contributed by atoms with Gasteiger partial charge in [0.2, 0.25) is 0 Å². The van der Waals surface area contributed by atoms with Crippen LogP contribution in [0.3, 0.4) is 0 Å². The van der Waals surface area contributed by atoms with Crippen LogP contribution in [0.25, 0.3) is 0 Å². The van der Waals surface area contributed by atoms with Crippen LogP contribution in [-0.2, 0) is 20.4 Å². The molecule has 5 nitrogen and oxygen atoms in total. The zero-order valence-corrected chi connectivity index (χ0v) is 10.7. The van der Waals surface area contributed by atoms with E-state index in [4.69, 9.17) is 5.11 Å². The highest BCUT2D eigenvalue weighted by molar-refractivity contribution is 7.90. The zero-order valence-electron chi connectivity index (χ0n) is 9.06. The van der Waals surface area contributed by atoms with Gasteiger partial charge in [0.05, 0.1) is 17.9 Å². The van der Waals surface area contributed by atoms with Crippen molar-refractivity contribution in [3.8, 4) is 0 Å². The second-order valence-electron chi connectivity index (χ2n) is 3.48. The maximum atomic E-state index is 11.5. The summed E-state index contributed by atoms with van der Waals surface area (Å²) in [5, 5.41) is 8.94. The molecule has 0 bridgehead atoms. The minimum absolute atomic E-state index is 0.167. The van der Waals surface area contributed by atoms with E-state index in [1.165, 1.54) is 11.3 Å². The maximum absolute atomic E-state index is 11.5. The Morgan fingerprint density at radius 1 is 1.44 bits per heavy atom. The molecule has 0 aromatic carbocycles. The second kappa shape index (κ2) is 4.92. The molecule has 0 saturated heterocycles. The summed E-state index contributed by atoms with van der Waals surface area (Å²) in [6.07, 6.45) is -0.355. The van der Waals surface area contributed by atoms with Gasteiger partial charge >= 0.3 is 5.97 Å². The Balaban J connectivity index is 2.69. The number of rotatable bonds is 5. The van der Waals surface area contributed by atoms with E-state index in [1.54, 1.807) is 0 Å². The van der Waals surface area contributed by atoms with Crippen LogP contribution in [0.4, 0.5) is 0 Å². The highest BCUT2D eigenvalue weighted by atomic mass is 32.2. The molecule has 1 rings (SSSR count). The highest BCUT2D eigenvalue weighted by Gasteiger charge is 2.16. The third-order valence-corrected chi connectivity index (χ3v) is 4.84. The molecule has 1 aromatic rings. The predicted octanol–water partition coefficient (Wildman–Crippen LogP) is 1.15. The number of carboxylic acid groups (broad SMARTS) is 1. The number of aliphatic carboxylic acids is 1. The van der Waals surface area contributed by atoms with Crippen LogP contribution in [0, 0.1) is 13.8 Å². The van der Waals surface area contributed by atoms with Crippen molar-refractivity contribution in [2.75, 3.05) is 5.75 Å². The van der Waals surface area contributed by atoms with Crippen molar-refractivity contribution in [2.24, 2.45) is 0 Å². The molecule has 0 saturated carbocycles. The number of carboxylic acids is 1. The Hall–Kier alpha value is -0.950. The topological polar surface area (TPSA) is 84.3 Å². The molecule has 0 amide bonds. The van der Waals surface area contributed by atoms with Crippen LogP contribution < -0.4 is 0 Å². The van der Waals surface area contributed by atoms with Crippen molar-refractivity contribution in [3.05, 3.63) is 15.6 Å². The van der Waals surface area contributed by atoms with Crippen LogP contribution >= 0.6 is 11.3 Å². The Labute approximate surface area is 98.1 Å². The van der Waals surface area contributed by atoms with E-state index in [1.807, 2.05) is 13.8 Å². The summed E-state index contributed by atoms with van der Waals surface area (Å²) in [5.41, 5.74) is 0.827. The van der Waals surface area contributed by atoms with Gasteiger partial charge in [0.15, 0.2) is 9.84 Å². The molecule has 7 heteroatoms. The number of carbonyl (C=O) groups is 1. The van der Waals surface area contributed by atoms with Crippen molar-refractivity contribution in [1.29, 1.82) is 0 Å². The lowest BCUT2D eigenvalue weighted by Gasteiger charge is -1.98. The van der Waals surface area contributed by atoms with Gasteiger partial charge in [-0.2, -0.15) is 0 Å². The molecule has 0 aliphatic rings. The Morgan fingerprint density at radius 3 is 2.50 bits per heavy atom. The lowest BCUT2D eigenvalue weighted by atomic mass is 10.4. The number of thiazole rings is 1. The summed E-state index contributed by atoms with van der Waals surface area (Å²) in [7, 11) is -3.37. The molecule has 0 fully saturated rings. The standard InChI is InChI=1S/C9H13NO4S2/c1-6-7(2)15-8(10-6)5-16(13,14)4-3-9(11)12/h3-5H2,1-2H3,(H,11,12).